The van der Waals surface area contributed by atoms with Crippen molar-refractivity contribution in [3.63, 3.8) is 0 Å². The molecule has 2 N–H and O–H groups in total. The lowest BCUT2D eigenvalue weighted by molar-refractivity contribution is -0.138. The Morgan fingerprint density at radius 1 is 0.513 bits per heavy atom. The molecule has 3 nitrogen and oxygen atoms in total. The van der Waals surface area contributed by atoms with E-state index in [1.807, 2.05) is 0 Å². The standard InChI is InChI=1S/C28H22B2F6O3/c31-27(32,33)21-7-11-23(12-8-21)29(37)25-5-1-3-19(15-25)17-39-18-20-4-2-6-26(16-20)30(38)24-13-9-22(10-14-24)28(34,35)36/h1-16,37-38H,17-18H2. The van der Waals surface area contributed by atoms with E-state index in [-0.39, 0.29) is 13.2 Å². The predicted molar refractivity (Wildman–Crippen MR) is 139 cm³/mol. The lowest BCUT2D eigenvalue weighted by Crippen LogP contribution is -2.42. The molecule has 200 valence electrons. The van der Waals surface area contributed by atoms with Gasteiger partial charge in [0.2, 0.25) is 0 Å². The molecule has 39 heavy (non-hydrogen) atoms. The Morgan fingerprint density at radius 2 is 0.872 bits per heavy atom. The highest BCUT2D eigenvalue weighted by Crippen LogP contribution is 2.29. The van der Waals surface area contributed by atoms with Crippen LogP contribution in [0.2, 0.25) is 0 Å². The Labute approximate surface area is 221 Å². The van der Waals surface area contributed by atoms with Gasteiger partial charge in [0.05, 0.1) is 24.3 Å². The van der Waals surface area contributed by atoms with Crippen molar-refractivity contribution in [3.8, 4) is 0 Å². The Morgan fingerprint density at radius 3 is 1.21 bits per heavy atom. The van der Waals surface area contributed by atoms with E-state index in [9.17, 15) is 36.4 Å². The predicted octanol–water partition coefficient (Wildman–Crippen LogP) is 3.64. The lowest BCUT2D eigenvalue weighted by Gasteiger charge is -2.13. The van der Waals surface area contributed by atoms with Crippen molar-refractivity contribution in [3.05, 3.63) is 119 Å². The van der Waals surface area contributed by atoms with E-state index in [0.29, 0.717) is 21.9 Å². The van der Waals surface area contributed by atoms with Crippen LogP contribution in [0.15, 0.2) is 97.1 Å². The number of rotatable bonds is 8. The van der Waals surface area contributed by atoms with E-state index in [2.05, 4.69) is 0 Å². The molecule has 0 aliphatic carbocycles. The molecular weight excluding hydrogens is 520 g/mol. The topological polar surface area (TPSA) is 49.7 Å². The summed E-state index contributed by atoms with van der Waals surface area (Å²) < 4.78 is 82.6. The minimum Gasteiger partial charge on any atom is -0.443 e. The third-order valence-electron chi connectivity index (χ3n) is 6.18. The molecule has 4 aromatic rings. The molecule has 0 fully saturated rings. The molecule has 0 aliphatic heterocycles. The molecule has 0 saturated heterocycles. The van der Waals surface area contributed by atoms with Gasteiger partial charge >= 0.3 is 26.2 Å². The highest BCUT2D eigenvalue weighted by Gasteiger charge is 2.31. The second kappa shape index (κ2) is 11.7. The van der Waals surface area contributed by atoms with Crippen LogP contribution in [0.1, 0.15) is 22.3 Å². The van der Waals surface area contributed by atoms with Gasteiger partial charge in [-0.3, -0.25) is 0 Å². The minimum absolute atomic E-state index is 0.180. The maximum Gasteiger partial charge on any atom is 0.416 e. The summed E-state index contributed by atoms with van der Waals surface area (Å²) in [6, 6.07) is 22.4. The summed E-state index contributed by atoms with van der Waals surface area (Å²) in [6.45, 7) is -1.87. The second-order valence-corrected chi connectivity index (χ2v) is 9.03. The number of hydrogen-bond acceptors (Lipinski definition) is 3. The van der Waals surface area contributed by atoms with Crippen LogP contribution in [0.25, 0.3) is 0 Å². The van der Waals surface area contributed by atoms with Crippen molar-refractivity contribution in [1.29, 1.82) is 0 Å². The summed E-state index contributed by atoms with van der Waals surface area (Å²) in [4.78, 5) is 0. The minimum atomic E-state index is -4.46. The molecule has 0 bridgehead atoms. The molecule has 4 aromatic carbocycles. The third-order valence-corrected chi connectivity index (χ3v) is 6.18. The number of alkyl halides is 6. The smallest absolute Gasteiger partial charge is 0.416 e. The molecule has 0 unspecified atom stereocenters. The Bertz CT molecular complexity index is 1280. The fraction of sp³-hybridized carbons (Fsp3) is 0.143. The van der Waals surface area contributed by atoms with Crippen LogP contribution >= 0.6 is 0 Å². The van der Waals surface area contributed by atoms with Crippen molar-refractivity contribution < 1.29 is 41.1 Å². The van der Waals surface area contributed by atoms with Gasteiger partial charge in [0, 0.05) is 0 Å². The molecule has 0 atom stereocenters. The summed E-state index contributed by atoms with van der Waals surface area (Å²) in [5.74, 6) is 0. The van der Waals surface area contributed by atoms with Crippen molar-refractivity contribution >= 4 is 35.7 Å². The van der Waals surface area contributed by atoms with Gasteiger partial charge in [-0.2, -0.15) is 26.3 Å². The number of hydrogen-bond donors (Lipinski definition) is 2. The monoisotopic (exact) mass is 542 g/mol. The first-order chi connectivity index (χ1) is 18.4. The van der Waals surface area contributed by atoms with Gasteiger partial charge in [-0.1, -0.05) is 97.1 Å². The van der Waals surface area contributed by atoms with Gasteiger partial charge < -0.3 is 14.8 Å². The zero-order valence-corrected chi connectivity index (χ0v) is 20.4. The van der Waals surface area contributed by atoms with Gasteiger partial charge in [0.1, 0.15) is 0 Å². The van der Waals surface area contributed by atoms with Crippen LogP contribution in [-0.2, 0) is 30.3 Å². The van der Waals surface area contributed by atoms with E-state index in [4.69, 9.17) is 4.74 Å². The van der Waals surface area contributed by atoms with Crippen LogP contribution in [0.4, 0.5) is 26.3 Å². The van der Waals surface area contributed by atoms with E-state index in [1.165, 1.54) is 24.3 Å². The highest BCUT2D eigenvalue weighted by atomic mass is 19.4. The maximum atomic E-state index is 12.8. The van der Waals surface area contributed by atoms with Crippen LogP contribution in [-0.4, -0.2) is 23.9 Å². The fourth-order valence-electron chi connectivity index (χ4n) is 4.09. The first-order valence-electron chi connectivity index (χ1n) is 11.9. The van der Waals surface area contributed by atoms with Crippen molar-refractivity contribution in [2.45, 2.75) is 25.6 Å². The molecule has 0 aliphatic rings. The molecule has 0 saturated carbocycles. The first-order valence-corrected chi connectivity index (χ1v) is 11.9. The SMILES string of the molecule is OB(c1ccc(C(F)(F)F)cc1)c1cccc(COCc2cccc(B(O)c3ccc(C(F)(F)F)cc3)c2)c1. The van der Waals surface area contributed by atoms with E-state index < -0.39 is 37.3 Å². The lowest BCUT2D eigenvalue weighted by atomic mass is 9.55. The number of benzene rings is 4. The fourth-order valence-corrected chi connectivity index (χ4v) is 4.09. The molecule has 4 rings (SSSR count). The molecule has 0 aromatic heterocycles. The van der Waals surface area contributed by atoms with Crippen LogP contribution in [0, 0.1) is 0 Å². The van der Waals surface area contributed by atoms with Gasteiger partial charge in [-0.15, -0.1) is 0 Å². The Kier molecular flexibility index (Phi) is 8.54. The first kappa shape index (κ1) is 28.5. The average Bonchev–Trinajstić information content (AvgIpc) is 2.92. The summed E-state index contributed by atoms with van der Waals surface area (Å²) in [5, 5.41) is 21.3. The summed E-state index contributed by atoms with van der Waals surface area (Å²) in [5.41, 5.74) is 1.52. The van der Waals surface area contributed by atoms with E-state index in [0.717, 1.165) is 35.4 Å². The van der Waals surface area contributed by atoms with Crippen LogP contribution < -0.4 is 21.9 Å². The summed E-state index contributed by atoms with van der Waals surface area (Å²) in [7, 11) is 0. The normalized spacial score (nSPS) is 11.9. The largest absolute Gasteiger partial charge is 0.443 e. The zero-order valence-electron chi connectivity index (χ0n) is 20.4. The third kappa shape index (κ3) is 7.32. The van der Waals surface area contributed by atoms with Gasteiger partial charge in [-0.25, -0.2) is 0 Å². The zero-order chi connectivity index (χ0) is 28.2. The maximum absolute atomic E-state index is 12.8. The molecular formula is C28H22B2F6O3. The highest BCUT2D eigenvalue weighted by molar-refractivity contribution is 6.79. The molecule has 0 heterocycles. The quantitative estimate of drug-likeness (QED) is 0.264. The van der Waals surface area contributed by atoms with Crippen molar-refractivity contribution in [2.75, 3.05) is 0 Å². The Balaban J connectivity index is 1.37. The van der Waals surface area contributed by atoms with Gasteiger partial charge in [0.25, 0.3) is 0 Å². The second-order valence-electron chi connectivity index (χ2n) is 9.03. The summed E-state index contributed by atoms with van der Waals surface area (Å²) >= 11 is 0. The molecule has 0 amide bonds. The molecule has 0 radical (unpaired) electrons. The van der Waals surface area contributed by atoms with Crippen LogP contribution in [0.5, 0.6) is 0 Å². The number of halogens is 6. The molecule has 11 heteroatoms. The van der Waals surface area contributed by atoms with Gasteiger partial charge in [-0.05, 0) is 33.0 Å². The van der Waals surface area contributed by atoms with Crippen molar-refractivity contribution in [2.24, 2.45) is 0 Å². The van der Waals surface area contributed by atoms with Crippen molar-refractivity contribution in [1.82, 2.24) is 0 Å². The van der Waals surface area contributed by atoms with E-state index >= 15 is 0 Å². The molecule has 0 spiro atoms. The number of ether oxygens (including phenoxy) is 1. The van der Waals surface area contributed by atoms with E-state index in [1.54, 1.807) is 48.5 Å². The average molecular weight is 542 g/mol. The van der Waals surface area contributed by atoms with Crippen LogP contribution in [0.3, 0.4) is 0 Å². The Hall–Kier alpha value is -3.53. The summed E-state index contributed by atoms with van der Waals surface area (Å²) in [6.07, 6.45) is -8.92. The van der Waals surface area contributed by atoms with Gasteiger partial charge in [0.15, 0.2) is 0 Å².